The first-order valence-corrected chi connectivity index (χ1v) is 11.7. The molecule has 0 fully saturated rings. The van der Waals surface area contributed by atoms with Crippen molar-refractivity contribution in [1.29, 1.82) is 5.41 Å². The Balaban J connectivity index is 1.76. The van der Waals surface area contributed by atoms with Gasteiger partial charge in [0.1, 0.15) is 0 Å². The van der Waals surface area contributed by atoms with Crippen LogP contribution in [0, 0.1) is 12.3 Å². The number of methoxy groups -OCH3 is 1. The van der Waals surface area contributed by atoms with E-state index < -0.39 is 0 Å². The second-order valence-corrected chi connectivity index (χ2v) is 8.80. The van der Waals surface area contributed by atoms with Gasteiger partial charge < -0.3 is 13.9 Å². The zero-order chi connectivity index (χ0) is 21.8. The maximum Gasteiger partial charge on any atom is 0.203 e. The molecule has 4 rings (SSSR count). The van der Waals surface area contributed by atoms with Crippen LogP contribution in [0.25, 0.3) is 11.0 Å². The van der Waals surface area contributed by atoms with Gasteiger partial charge in [-0.3, -0.25) is 5.41 Å². The molecular formula is C26H29N3OS. The predicted molar refractivity (Wildman–Crippen MR) is 129 cm³/mol. The van der Waals surface area contributed by atoms with E-state index in [1.54, 1.807) is 18.9 Å². The van der Waals surface area contributed by atoms with E-state index in [9.17, 15) is 0 Å². The lowest BCUT2D eigenvalue weighted by molar-refractivity contribution is 0.154. The zero-order valence-electron chi connectivity index (χ0n) is 18.3. The van der Waals surface area contributed by atoms with Crippen LogP contribution in [0.3, 0.4) is 0 Å². The summed E-state index contributed by atoms with van der Waals surface area (Å²) in [7, 11) is 1.73. The van der Waals surface area contributed by atoms with Crippen molar-refractivity contribution in [2.45, 2.75) is 30.8 Å². The monoisotopic (exact) mass is 431 g/mol. The number of fused-ring (bicyclic) bond motifs is 1. The number of rotatable bonds is 8. The topological polar surface area (TPSA) is 42.9 Å². The Kier molecular flexibility index (Phi) is 6.64. The highest BCUT2D eigenvalue weighted by Gasteiger charge is 2.19. The number of imidazole rings is 1. The summed E-state index contributed by atoms with van der Waals surface area (Å²) >= 11 is 1.74. The van der Waals surface area contributed by atoms with E-state index >= 15 is 0 Å². The van der Waals surface area contributed by atoms with Crippen LogP contribution in [0.5, 0.6) is 0 Å². The Hall–Kier alpha value is -2.76. The fraction of sp³-hybridized carbons (Fsp3) is 0.269. The Labute approximate surface area is 188 Å². The summed E-state index contributed by atoms with van der Waals surface area (Å²) in [5.74, 6) is 0. The van der Waals surface area contributed by atoms with Crippen molar-refractivity contribution in [3.8, 4) is 0 Å². The number of hydrogen-bond acceptors (Lipinski definition) is 3. The lowest BCUT2D eigenvalue weighted by atomic mass is 10.0. The summed E-state index contributed by atoms with van der Waals surface area (Å²) in [5, 5.41) is 9.08. The average molecular weight is 432 g/mol. The summed E-state index contributed by atoms with van der Waals surface area (Å²) in [6.45, 7) is 3.33. The number of nitrogens with one attached hydrogen (secondary N) is 1. The second kappa shape index (κ2) is 9.58. The number of para-hydroxylation sites is 2. The summed E-state index contributed by atoms with van der Waals surface area (Å²) in [4.78, 5) is 1.25. The molecule has 5 heteroatoms. The predicted octanol–water partition coefficient (Wildman–Crippen LogP) is 5.43. The molecule has 0 amide bonds. The molecule has 0 aliphatic heterocycles. The van der Waals surface area contributed by atoms with Gasteiger partial charge in [0.05, 0.1) is 30.2 Å². The normalized spacial score (nSPS) is 12.4. The van der Waals surface area contributed by atoms with Crippen LogP contribution in [-0.4, -0.2) is 29.1 Å². The van der Waals surface area contributed by atoms with Crippen LogP contribution in [-0.2, 0) is 17.7 Å². The smallest absolute Gasteiger partial charge is 0.203 e. The lowest BCUT2D eigenvalue weighted by Crippen LogP contribution is -2.31. The van der Waals surface area contributed by atoms with Gasteiger partial charge in [0.25, 0.3) is 0 Å². The van der Waals surface area contributed by atoms with Gasteiger partial charge in [0.15, 0.2) is 0 Å². The van der Waals surface area contributed by atoms with Gasteiger partial charge >= 0.3 is 0 Å². The average Bonchev–Trinajstić information content (AvgIpc) is 3.07. The summed E-state index contributed by atoms with van der Waals surface area (Å²) in [6.07, 6.45) is 2.91. The molecule has 1 aromatic heterocycles. The van der Waals surface area contributed by atoms with Crippen LogP contribution < -0.4 is 5.62 Å². The van der Waals surface area contributed by atoms with Gasteiger partial charge in [0, 0.05) is 12.0 Å². The van der Waals surface area contributed by atoms with E-state index in [0.717, 1.165) is 17.5 Å². The SMILES string of the molecule is COCC(Cc1ccc(C)cc1)n1c(=N)n(Cc2ccc(SC)cc2)c2ccccc21. The van der Waals surface area contributed by atoms with E-state index in [2.05, 4.69) is 83.0 Å². The zero-order valence-corrected chi connectivity index (χ0v) is 19.2. The quantitative estimate of drug-likeness (QED) is 0.378. The van der Waals surface area contributed by atoms with Crippen LogP contribution in [0.4, 0.5) is 0 Å². The molecule has 31 heavy (non-hydrogen) atoms. The number of ether oxygens (including phenoxy) is 1. The Morgan fingerprint density at radius 2 is 1.55 bits per heavy atom. The highest BCUT2D eigenvalue weighted by atomic mass is 32.2. The number of benzene rings is 3. The number of aryl methyl sites for hydroxylation is 1. The van der Waals surface area contributed by atoms with Crippen LogP contribution in [0.1, 0.15) is 22.7 Å². The fourth-order valence-electron chi connectivity index (χ4n) is 4.11. The molecule has 4 nitrogen and oxygen atoms in total. The lowest BCUT2D eigenvalue weighted by Gasteiger charge is -2.19. The van der Waals surface area contributed by atoms with Gasteiger partial charge in [-0.25, -0.2) is 0 Å². The fourth-order valence-corrected chi connectivity index (χ4v) is 4.52. The van der Waals surface area contributed by atoms with Crippen molar-refractivity contribution in [3.63, 3.8) is 0 Å². The first-order valence-electron chi connectivity index (χ1n) is 10.5. The molecule has 1 unspecified atom stereocenters. The maximum atomic E-state index is 9.08. The third kappa shape index (κ3) is 4.63. The van der Waals surface area contributed by atoms with Gasteiger partial charge in [-0.05, 0) is 55.0 Å². The molecule has 0 aliphatic carbocycles. The van der Waals surface area contributed by atoms with Crippen LogP contribution in [0.15, 0.2) is 77.7 Å². The maximum absolute atomic E-state index is 9.08. The van der Waals surface area contributed by atoms with Crippen molar-refractivity contribution in [2.24, 2.45) is 0 Å². The van der Waals surface area contributed by atoms with Gasteiger partial charge in [0.2, 0.25) is 5.62 Å². The molecule has 1 heterocycles. The van der Waals surface area contributed by atoms with E-state index in [1.165, 1.54) is 21.6 Å². The molecule has 0 bridgehead atoms. The molecule has 3 aromatic carbocycles. The molecule has 1 atom stereocenters. The Morgan fingerprint density at radius 1 is 0.903 bits per heavy atom. The van der Waals surface area contributed by atoms with Gasteiger partial charge in [-0.1, -0.05) is 54.1 Å². The molecule has 0 saturated heterocycles. The van der Waals surface area contributed by atoms with Crippen molar-refractivity contribution in [1.82, 2.24) is 9.13 Å². The number of hydrogen-bond donors (Lipinski definition) is 1. The number of nitrogens with zero attached hydrogens (tertiary/aromatic N) is 2. The first kappa shape index (κ1) is 21.5. The molecule has 160 valence electrons. The first-order chi connectivity index (χ1) is 15.1. The summed E-state index contributed by atoms with van der Waals surface area (Å²) in [6, 6.07) is 25.6. The van der Waals surface area contributed by atoms with Crippen molar-refractivity contribution < 1.29 is 4.74 Å². The van der Waals surface area contributed by atoms with Crippen LogP contribution in [0.2, 0.25) is 0 Å². The third-order valence-corrected chi connectivity index (χ3v) is 6.48. The van der Waals surface area contributed by atoms with Gasteiger partial charge in [-0.15, -0.1) is 11.8 Å². The number of thioether (sulfide) groups is 1. The molecule has 1 N–H and O–H groups in total. The molecule has 4 aromatic rings. The van der Waals surface area contributed by atoms with Crippen molar-refractivity contribution in [3.05, 3.63) is 95.1 Å². The van der Waals surface area contributed by atoms with Crippen LogP contribution >= 0.6 is 11.8 Å². The molecule has 0 aliphatic rings. The second-order valence-electron chi connectivity index (χ2n) is 7.92. The minimum Gasteiger partial charge on any atom is -0.383 e. The standard InChI is InChI=1S/C26H29N3OS/c1-19-8-10-20(11-9-19)16-22(18-30-2)29-25-7-5-4-6-24(25)28(26(29)27)17-21-12-14-23(31-3)15-13-21/h4-15,22,27H,16-18H2,1-3H3. The van der Waals surface area contributed by atoms with E-state index in [4.69, 9.17) is 10.1 Å². The molecule has 0 saturated carbocycles. The van der Waals surface area contributed by atoms with Gasteiger partial charge in [-0.2, -0.15) is 0 Å². The minimum atomic E-state index is 0.0465. The highest BCUT2D eigenvalue weighted by Crippen LogP contribution is 2.22. The van der Waals surface area contributed by atoms with E-state index in [-0.39, 0.29) is 6.04 Å². The Morgan fingerprint density at radius 3 is 2.19 bits per heavy atom. The van der Waals surface area contributed by atoms with Crippen molar-refractivity contribution in [2.75, 3.05) is 20.0 Å². The number of aromatic nitrogens is 2. The third-order valence-electron chi connectivity index (χ3n) is 5.73. The highest BCUT2D eigenvalue weighted by molar-refractivity contribution is 7.98. The molecule has 0 radical (unpaired) electrons. The molecular weight excluding hydrogens is 402 g/mol. The summed E-state index contributed by atoms with van der Waals surface area (Å²) < 4.78 is 9.83. The molecule has 0 spiro atoms. The Bertz CT molecular complexity index is 1210. The minimum absolute atomic E-state index is 0.0465. The summed E-state index contributed by atoms with van der Waals surface area (Å²) in [5.41, 5.74) is 6.35. The largest absolute Gasteiger partial charge is 0.383 e. The van der Waals surface area contributed by atoms with E-state index in [0.29, 0.717) is 18.8 Å². The van der Waals surface area contributed by atoms with E-state index in [1.807, 2.05) is 12.1 Å². The van der Waals surface area contributed by atoms with Crippen molar-refractivity contribution >= 4 is 22.8 Å².